The molecule has 0 spiro atoms. The van der Waals surface area contributed by atoms with E-state index >= 15 is 0 Å². The minimum atomic E-state index is -0.428. The second kappa shape index (κ2) is 5.81. The molecule has 0 bridgehead atoms. The summed E-state index contributed by atoms with van der Waals surface area (Å²) in [7, 11) is 0. The van der Waals surface area contributed by atoms with Gasteiger partial charge >= 0.3 is 0 Å². The van der Waals surface area contributed by atoms with Crippen molar-refractivity contribution in [3.8, 4) is 10.6 Å². The van der Waals surface area contributed by atoms with E-state index in [1.807, 2.05) is 22.9 Å². The fraction of sp³-hybridized carbons (Fsp3) is 0.0625. The summed E-state index contributed by atoms with van der Waals surface area (Å²) in [5, 5.41) is 7.13. The molecule has 1 N–H and O–H groups in total. The minimum Gasteiger partial charge on any atom is -0.296 e. The molecule has 8 heteroatoms. The lowest BCUT2D eigenvalue weighted by molar-refractivity contribution is 0.102. The third-order valence-corrected chi connectivity index (χ3v) is 5.12. The highest BCUT2D eigenvalue weighted by Crippen LogP contribution is 2.28. The summed E-state index contributed by atoms with van der Waals surface area (Å²) in [4.78, 5) is 22.3. The third kappa shape index (κ3) is 2.59. The van der Waals surface area contributed by atoms with Crippen LogP contribution in [-0.2, 0) is 0 Å². The van der Waals surface area contributed by atoms with Gasteiger partial charge in [0.05, 0.1) is 16.3 Å². The Labute approximate surface area is 144 Å². The van der Waals surface area contributed by atoms with Crippen molar-refractivity contribution in [2.24, 2.45) is 0 Å². The van der Waals surface area contributed by atoms with E-state index < -0.39 is 5.82 Å². The van der Waals surface area contributed by atoms with Crippen LogP contribution in [0, 0.1) is 12.7 Å². The number of carbonyl (C=O) groups excluding carboxylic acids is 1. The number of thiophene rings is 1. The largest absolute Gasteiger partial charge is 0.296 e. The molecule has 0 aliphatic rings. The number of hydrogen-bond acceptors (Lipinski definition) is 5. The second-order valence-corrected chi connectivity index (χ2v) is 6.90. The average molecular weight is 358 g/mol. The number of fused-ring (bicyclic) bond motifs is 1. The van der Waals surface area contributed by atoms with Crippen molar-refractivity contribution in [2.45, 2.75) is 6.92 Å². The SMILES string of the molecule is Cc1nc2ccc(F)cn2c1C(=O)Nc1nc(-c2cccs2)cs1. The molecule has 0 aliphatic heterocycles. The molecule has 24 heavy (non-hydrogen) atoms. The number of rotatable bonds is 3. The number of nitrogens with zero attached hydrogens (tertiary/aromatic N) is 3. The zero-order chi connectivity index (χ0) is 16.7. The Morgan fingerprint density at radius 3 is 2.92 bits per heavy atom. The van der Waals surface area contributed by atoms with Gasteiger partial charge in [-0.2, -0.15) is 0 Å². The van der Waals surface area contributed by atoms with Gasteiger partial charge in [-0.25, -0.2) is 14.4 Å². The van der Waals surface area contributed by atoms with Crippen LogP contribution >= 0.6 is 22.7 Å². The molecule has 0 atom stereocenters. The predicted molar refractivity (Wildman–Crippen MR) is 93.3 cm³/mol. The fourth-order valence-corrected chi connectivity index (χ4v) is 3.90. The molecule has 0 aliphatic carbocycles. The van der Waals surface area contributed by atoms with Gasteiger partial charge in [-0.05, 0) is 30.5 Å². The quantitative estimate of drug-likeness (QED) is 0.596. The molecular weight excluding hydrogens is 347 g/mol. The molecular formula is C16H11FN4OS2. The van der Waals surface area contributed by atoms with Gasteiger partial charge in [0.25, 0.3) is 5.91 Å². The number of pyridine rings is 1. The highest BCUT2D eigenvalue weighted by molar-refractivity contribution is 7.16. The maximum absolute atomic E-state index is 13.5. The number of nitrogens with one attached hydrogen (secondary N) is 1. The van der Waals surface area contributed by atoms with Crippen LogP contribution in [0.2, 0.25) is 0 Å². The Morgan fingerprint density at radius 1 is 1.25 bits per heavy atom. The third-order valence-electron chi connectivity index (χ3n) is 3.47. The first kappa shape index (κ1) is 15.0. The second-order valence-electron chi connectivity index (χ2n) is 5.09. The van der Waals surface area contributed by atoms with E-state index in [2.05, 4.69) is 15.3 Å². The normalized spacial score (nSPS) is 11.1. The summed E-state index contributed by atoms with van der Waals surface area (Å²) < 4.78 is 14.9. The van der Waals surface area contributed by atoms with E-state index in [-0.39, 0.29) is 5.91 Å². The first-order valence-electron chi connectivity index (χ1n) is 7.07. The molecule has 5 nitrogen and oxygen atoms in total. The van der Waals surface area contributed by atoms with Gasteiger partial charge in [0, 0.05) is 11.6 Å². The van der Waals surface area contributed by atoms with Gasteiger partial charge in [0.2, 0.25) is 0 Å². The number of amides is 1. The maximum atomic E-state index is 13.5. The fourth-order valence-electron chi connectivity index (χ4n) is 2.43. The summed E-state index contributed by atoms with van der Waals surface area (Å²) in [6.07, 6.45) is 1.25. The first-order chi connectivity index (χ1) is 11.6. The Bertz CT molecular complexity index is 1040. The molecule has 0 unspecified atom stereocenters. The number of thiazole rings is 1. The molecule has 1 amide bonds. The van der Waals surface area contributed by atoms with Crippen molar-refractivity contribution < 1.29 is 9.18 Å². The van der Waals surface area contributed by atoms with Gasteiger partial charge in [0.1, 0.15) is 17.2 Å². The highest BCUT2D eigenvalue weighted by Gasteiger charge is 2.18. The van der Waals surface area contributed by atoms with E-state index in [1.54, 1.807) is 18.3 Å². The number of aryl methyl sites for hydroxylation is 1. The van der Waals surface area contributed by atoms with Crippen molar-refractivity contribution in [3.05, 3.63) is 58.4 Å². The summed E-state index contributed by atoms with van der Waals surface area (Å²) in [5.74, 6) is -0.791. The van der Waals surface area contributed by atoms with Crippen LogP contribution in [0.15, 0.2) is 41.2 Å². The van der Waals surface area contributed by atoms with Crippen molar-refractivity contribution in [2.75, 3.05) is 5.32 Å². The minimum absolute atomic E-state index is 0.303. The standard InChI is InChI=1S/C16H11FN4OS2/c1-9-14(21-7-10(17)4-5-13(21)18-9)15(22)20-16-19-11(8-24-16)12-3-2-6-23-12/h2-8H,1H3,(H,19,20,22). The van der Waals surface area contributed by atoms with Gasteiger partial charge in [-0.1, -0.05) is 6.07 Å². The lowest BCUT2D eigenvalue weighted by atomic mass is 10.3. The summed E-state index contributed by atoms with van der Waals surface area (Å²) in [6, 6.07) is 6.78. The van der Waals surface area contributed by atoms with Crippen LogP contribution < -0.4 is 5.32 Å². The van der Waals surface area contributed by atoms with E-state index in [1.165, 1.54) is 34.1 Å². The van der Waals surface area contributed by atoms with Gasteiger partial charge in [-0.3, -0.25) is 14.5 Å². The first-order valence-corrected chi connectivity index (χ1v) is 8.83. The Balaban J connectivity index is 1.65. The molecule has 4 aromatic heterocycles. The Morgan fingerprint density at radius 2 is 2.12 bits per heavy atom. The molecule has 0 fully saturated rings. The molecule has 0 saturated heterocycles. The van der Waals surface area contributed by atoms with Crippen LogP contribution in [0.4, 0.5) is 9.52 Å². The van der Waals surface area contributed by atoms with Gasteiger partial charge in [-0.15, -0.1) is 22.7 Å². The molecule has 4 aromatic rings. The molecule has 4 heterocycles. The van der Waals surface area contributed by atoms with Crippen LogP contribution in [0.25, 0.3) is 16.2 Å². The maximum Gasteiger partial charge on any atom is 0.276 e. The van der Waals surface area contributed by atoms with Crippen LogP contribution in [0.1, 0.15) is 16.2 Å². The van der Waals surface area contributed by atoms with Crippen molar-refractivity contribution in [3.63, 3.8) is 0 Å². The van der Waals surface area contributed by atoms with Gasteiger partial charge in [0.15, 0.2) is 5.13 Å². The Kier molecular flexibility index (Phi) is 3.62. The monoisotopic (exact) mass is 358 g/mol. The lowest BCUT2D eigenvalue weighted by Crippen LogP contribution is -2.15. The zero-order valence-corrected chi connectivity index (χ0v) is 14.1. The van der Waals surface area contributed by atoms with Crippen molar-refractivity contribution in [1.29, 1.82) is 0 Å². The molecule has 0 radical (unpaired) electrons. The number of hydrogen-bond donors (Lipinski definition) is 1. The van der Waals surface area contributed by atoms with E-state index in [0.29, 0.717) is 22.2 Å². The molecule has 0 saturated carbocycles. The van der Waals surface area contributed by atoms with Gasteiger partial charge < -0.3 is 0 Å². The topological polar surface area (TPSA) is 59.3 Å². The van der Waals surface area contributed by atoms with E-state index in [9.17, 15) is 9.18 Å². The van der Waals surface area contributed by atoms with Crippen molar-refractivity contribution >= 4 is 39.4 Å². The van der Waals surface area contributed by atoms with E-state index in [4.69, 9.17) is 0 Å². The van der Waals surface area contributed by atoms with E-state index in [0.717, 1.165) is 10.6 Å². The average Bonchev–Trinajstić information content (AvgIpc) is 3.25. The number of halogens is 1. The summed E-state index contributed by atoms with van der Waals surface area (Å²) in [6.45, 7) is 1.72. The summed E-state index contributed by atoms with van der Waals surface area (Å²) >= 11 is 2.94. The molecule has 0 aromatic carbocycles. The van der Waals surface area contributed by atoms with Crippen molar-refractivity contribution in [1.82, 2.24) is 14.4 Å². The Hall–Kier alpha value is -2.58. The predicted octanol–water partition coefficient (Wildman–Crippen LogP) is 4.22. The molecule has 4 rings (SSSR count). The lowest BCUT2D eigenvalue weighted by Gasteiger charge is -2.03. The van der Waals surface area contributed by atoms with Crippen LogP contribution in [0.3, 0.4) is 0 Å². The number of imidazole rings is 1. The number of carbonyl (C=O) groups is 1. The van der Waals surface area contributed by atoms with Crippen LogP contribution in [-0.4, -0.2) is 20.3 Å². The highest BCUT2D eigenvalue weighted by atomic mass is 32.1. The van der Waals surface area contributed by atoms with Crippen LogP contribution in [0.5, 0.6) is 0 Å². The number of aromatic nitrogens is 3. The smallest absolute Gasteiger partial charge is 0.276 e. The molecule has 120 valence electrons. The summed E-state index contributed by atoms with van der Waals surface area (Å²) in [5.41, 5.74) is 2.19. The number of anilines is 1. The zero-order valence-electron chi connectivity index (χ0n) is 12.5.